The van der Waals surface area contributed by atoms with Crippen LogP contribution in [-0.2, 0) is 11.2 Å². The average molecular weight is 410 g/mol. The minimum absolute atomic E-state index is 0.110. The van der Waals surface area contributed by atoms with Crippen LogP contribution < -0.4 is 5.32 Å². The molecule has 8 heteroatoms. The third kappa shape index (κ3) is 3.78. The van der Waals surface area contributed by atoms with Gasteiger partial charge < -0.3 is 14.8 Å². The molecule has 0 saturated carbocycles. The van der Waals surface area contributed by atoms with Crippen LogP contribution in [-0.4, -0.2) is 31.0 Å². The van der Waals surface area contributed by atoms with Crippen molar-refractivity contribution < 1.29 is 9.32 Å². The Kier molecular flexibility index (Phi) is 4.72. The Morgan fingerprint density at radius 1 is 1.03 bits per heavy atom. The van der Waals surface area contributed by atoms with Gasteiger partial charge in [0, 0.05) is 30.2 Å². The lowest BCUT2D eigenvalue weighted by molar-refractivity contribution is -0.115. The lowest BCUT2D eigenvalue weighted by Crippen LogP contribution is -2.15. The molecule has 0 saturated heterocycles. The molecule has 0 aromatic carbocycles. The highest BCUT2D eigenvalue weighted by atomic mass is 16.5. The molecule has 0 atom stereocenters. The van der Waals surface area contributed by atoms with Gasteiger partial charge >= 0.3 is 0 Å². The summed E-state index contributed by atoms with van der Waals surface area (Å²) in [7, 11) is 0. The van der Waals surface area contributed by atoms with Crippen LogP contribution in [0.25, 0.3) is 33.5 Å². The molecular formula is C23H18N6O2. The van der Waals surface area contributed by atoms with Crippen LogP contribution in [0.2, 0.25) is 0 Å². The average Bonchev–Trinajstić information content (AvgIpc) is 3.37. The molecule has 5 rings (SSSR count). The van der Waals surface area contributed by atoms with E-state index in [2.05, 4.69) is 30.4 Å². The van der Waals surface area contributed by atoms with E-state index in [4.69, 9.17) is 4.52 Å². The third-order valence-electron chi connectivity index (χ3n) is 4.81. The van der Waals surface area contributed by atoms with E-state index in [-0.39, 0.29) is 12.3 Å². The molecule has 152 valence electrons. The number of carbonyl (C=O) groups excluding carboxylic acids is 1. The Morgan fingerprint density at radius 3 is 2.74 bits per heavy atom. The molecule has 0 aliphatic carbocycles. The van der Waals surface area contributed by atoms with Crippen molar-refractivity contribution in [1.29, 1.82) is 0 Å². The summed E-state index contributed by atoms with van der Waals surface area (Å²) in [5.74, 6) is 0.889. The number of hydrogen-bond acceptors (Lipinski definition) is 6. The van der Waals surface area contributed by atoms with Crippen molar-refractivity contribution in [2.45, 2.75) is 13.3 Å². The lowest BCUT2D eigenvalue weighted by Gasteiger charge is -2.07. The zero-order chi connectivity index (χ0) is 21.2. The smallest absolute Gasteiger partial charge is 0.231 e. The van der Waals surface area contributed by atoms with Crippen molar-refractivity contribution in [3.8, 4) is 22.5 Å². The van der Waals surface area contributed by atoms with Gasteiger partial charge in [0.05, 0.1) is 40.1 Å². The van der Waals surface area contributed by atoms with Crippen LogP contribution in [0.1, 0.15) is 11.5 Å². The number of amides is 1. The predicted octanol–water partition coefficient (Wildman–Crippen LogP) is 4.16. The third-order valence-corrected chi connectivity index (χ3v) is 4.81. The number of pyridine rings is 3. The molecule has 2 N–H and O–H groups in total. The van der Waals surface area contributed by atoms with Crippen LogP contribution in [0.5, 0.6) is 0 Å². The maximum Gasteiger partial charge on any atom is 0.231 e. The monoisotopic (exact) mass is 410 g/mol. The van der Waals surface area contributed by atoms with E-state index >= 15 is 0 Å². The Bertz CT molecular complexity index is 1370. The number of hydrogen-bond donors (Lipinski definition) is 2. The molecule has 5 aromatic heterocycles. The molecule has 5 heterocycles. The maximum absolute atomic E-state index is 12.4. The number of fused-ring (bicyclic) bond motifs is 1. The SMILES string of the molecule is Cc1cc(CC(=O)Nc2cc(-c3[nH]c4cccnc4c3-c3ccccn3)ccn2)no1. The lowest BCUT2D eigenvalue weighted by atomic mass is 10.0. The van der Waals surface area contributed by atoms with E-state index in [9.17, 15) is 4.79 Å². The topological polar surface area (TPSA) is 110 Å². The van der Waals surface area contributed by atoms with Crippen molar-refractivity contribution >= 4 is 22.8 Å². The first-order valence-electron chi connectivity index (χ1n) is 9.74. The second-order valence-corrected chi connectivity index (χ2v) is 7.07. The number of anilines is 1. The quantitative estimate of drug-likeness (QED) is 0.450. The highest BCUT2D eigenvalue weighted by molar-refractivity contribution is 6.01. The molecule has 0 unspecified atom stereocenters. The minimum atomic E-state index is -0.221. The van der Waals surface area contributed by atoms with Crippen LogP contribution >= 0.6 is 0 Å². The highest BCUT2D eigenvalue weighted by Crippen LogP contribution is 2.36. The summed E-state index contributed by atoms with van der Waals surface area (Å²) in [5, 5.41) is 6.68. The van der Waals surface area contributed by atoms with E-state index in [1.165, 1.54) is 0 Å². The number of H-pyrrole nitrogens is 1. The van der Waals surface area contributed by atoms with Crippen LogP contribution in [0, 0.1) is 6.92 Å². The summed E-state index contributed by atoms with van der Waals surface area (Å²) < 4.78 is 5.01. The molecule has 0 radical (unpaired) electrons. The van der Waals surface area contributed by atoms with Gasteiger partial charge in [-0.3, -0.25) is 14.8 Å². The van der Waals surface area contributed by atoms with Crippen molar-refractivity contribution in [2.75, 3.05) is 5.32 Å². The van der Waals surface area contributed by atoms with Crippen molar-refractivity contribution in [3.63, 3.8) is 0 Å². The summed E-state index contributed by atoms with van der Waals surface area (Å²) >= 11 is 0. The zero-order valence-electron chi connectivity index (χ0n) is 16.7. The van der Waals surface area contributed by atoms with E-state index in [0.29, 0.717) is 17.3 Å². The predicted molar refractivity (Wildman–Crippen MR) is 116 cm³/mol. The fourth-order valence-corrected chi connectivity index (χ4v) is 3.50. The van der Waals surface area contributed by atoms with Gasteiger partial charge in [0.1, 0.15) is 11.6 Å². The molecule has 0 aliphatic heterocycles. The Balaban J connectivity index is 1.50. The number of aromatic nitrogens is 5. The maximum atomic E-state index is 12.4. The Hall–Kier alpha value is -4.33. The molecule has 0 aliphatic rings. The van der Waals surface area contributed by atoms with Gasteiger partial charge in [0.15, 0.2) is 0 Å². The number of aryl methyl sites for hydroxylation is 1. The number of carbonyl (C=O) groups is 1. The molecular weight excluding hydrogens is 392 g/mol. The normalized spacial score (nSPS) is 11.0. The van der Waals surface area contributed by atoms with Gasteiger partial charge in [-0.1, -0.05) is 11.2 Å². The molecule has 8 nitrogen and oxygen atoms in total. The van der Waals surface area contributed by atoms with Crippen LogP contribution in [0.4, 0.5) is 5.82 Å². The van der Waals surface area contributed by atoms with Gasteiger partial charge in [-0.25, -0.2) is 4.98 Å². The van der Waals surface area contributed by atoms with Crippen molar-refractivity contribution in [3.05, 3.63) is 78.6 Å². The first-order valence-corrected chi connectivity index (χ1v) is 9.74. The number of nitrogens with one attached hydrogen (secondary N) is 2. The van der Waals surface area contributed by atoms with Gasteiger partial charge in [-0.15, -0.1) is 0 Å². The summed E-state index contributed by atoms with van der Waals surface area (Å²) in [6.45, 7) is 1.79. The number of rotatable bonds is 5. The first-order chi connectivity index (χ1) is 15.2. The molecule has 31 heavy (non-hydrogen) atoms. The van der Waals surface area contributed by atoms with E-state index in [1.807, 2.05) is 42.5 Å². The fraction of sp³-hybridized carbons (Fsp3) is 0.0870. The second-order valence-electron chi connectivity index (χ2n) is 7.07. The van der Waals surface area contributed by atoms with Gasteiger partial charge in [0.25, 0.3) is 0 Å². The van der Waals surface area contributed by atoms with E-state index in [1.54, 1.807) is 31.6 Å². The van der Waals surface area contributed by atoms with Gasteiger partial charge in [-0.05, 0) is 43.3 Å². The summed E-state index contributed by atoms with van der Waals surface area (Å²) in [6.07, 6.45) is 5.28. The summed E-state index contributed by atoms with van der Waals surface area (Å²) in [5.41, 5.74) is 5.75. The first kappa shape index (κ1) is 18.7. The van der Waals surface area contributed by atoms with E-state index in [0.717, 1.165) is 33.5 Å². The van der Waals surface area contributed by atoms with Crippen molar-refractivity contribution in [2.24, 2.45) is 0 Å². The standard InChI is InChI=1S/C23H18N6O2/c1-14-11-16(29-31-14)13-20(30)28-19-12-15(7-10-25-19)22-21(17-5-2-3-8-24-17)23-18(27-22)6-4-9-26-23/h2-12,27H,13H2,1H3,(H,25,28,30). The second kappa shape index (κ2) is 7.83. The molecule has 0 spiro atoms. The fourth-order valence-electron chi connectivity index (χ4n) is 3.50. The largest absolute Gasteiger partial charge is 0.361 e. The Morgan fingerprint density at radius 2 is 1.94 bits per heavy atom. The number of nitrogens with zero attached hydrogens (tertiary/aromatic N) is 4. The highest BCUT2D eigenvalue weighted by Gasteiger charge is 2.18. The molecule has 1 amide bonds. The Labute approximate surface area is 177 Å². The summed E-state index contributed by atoms with van der Waals surface area (Å²) in [6, 6.07) is 15.1. The minimum Gasteiger partial charge on any atom is -0.361 e. The zero-order valence-corrected chi connectivity index (χ0v) is 16.7. The summed E-state index contributed by atoms with van der Waals surface area (Å²) in [4.78, 5) is 29.2. The van der Waals surface area contributed by atoms with Crippen LogP contribution in [0.3, 0.4) is 0 Å². The van der Waals surface area contributed by atoms with Gasteiger partial charge in [-0.2, -0.15) is 0 Å². The molecule has 5 aromatic rings. The number of aromatic amines is 1. The van der Waals surface area contributed by atoms with Crippen molar-refractivity contribution in [1.82, 2.24) is 25.1 Å². The van der Waals surface area contributed by atoms with Crippen LogP contribution in [0.15, 0.2) is 71.6 Å². The molecule has 0 fully saturated rings. The van der Waals surface area contributed by atoms with E-state index < -0.39 is 0 Å². The molecule has 0 bridgehead atoms. The van der Waals surface area contributed by atoms with Gasteiger partial charge in [0.2, 0.25) is 5.91 Å².